The molecule has 0 aliphatic carbocycles. The SMILES string of the molecule is COc1ccc(N2C(=O)N[C@H](c3ccc(OCC#N)cc3)C(C(=O)N3CCOCC3)=C2C)cc1. The smallest absolute Gasteiger partial charge is 0.326 e. The molecule has 1 fully saturated rings. The first-order valence-electron chi connectivity index (χ1n) is 11.0. The number of urea groups is 1. The zero-order valence-electron chi connectivity index (χ0n) is 19.1. The molecule has 0 aromatic heterocycles. The number of nitrogens with one attached hydrogen (secondary N) is 1. The first-order valence-corrected chi connectivity index (χ1v) is 11.0. The van der Waals surface area contributed by atoms with Crippen LogP contribution in [0.5, 0.6) is 11.5 Å². The van der Waals surface area contributed by atoms with E-state index in [1.165, 1.54) is 4.90 Å². The number of morpholine rings is 1. The Morgan fingerprint density at radius 1 is 1.12 bits per heavy atom. The lowest BCUT2D eigenvalue weighted by Crippen LogP contribution is -2.51. The van der Waals surface area contributed by atoms with Gasteiger partial charge in [-0.1, -0.05) is 12.1 Å². The van der Waals surface area contributed by atoms with Gasteiger partial charge in [0.1, 0.15) is 17.6 Å². The third-order valence-corrected chi connectivity index (χ3v) is 5.86. The molecule has 0 spiro atoms. The molecular formula is C25H26N4O5. The molecule has 2 heterocycles. The van der Waals surface area contributed by atoms with E-state index in [1.807, 2.05) is 6.07 Å². The second kappa shape index (κ2) is 10.3. The first kappa shape index (κ1) is 23.1. The second-order valence-corrected chi connectivity index (χ2v) is 7.84. The molecule has 1 saturated heterocycles. The molecule has 3 amide bonds. The van der Waals surface area contributed by atoms with Crippen molar-refractivity contribution in [3.05, 3.63) is 65.4 Å². The van der Waals surface area contributed by atoms with Gasteiger partial charge in [-0.05, 0) is 48.9 Å². The molecule has 2 aliphatic rings. The fourth-order valence-corrected chi connectivity index (χ4v) is 4.12. The number of hydrogen-bond donors (Lipinski definition) is 1. The number of ether oxygens (including phenoxy) is 3. The summed E-state index contributed by atoms with van der Waals surface area (Å²) in [5, 5.41) is 11.7. The van der Waals surface area contributed by atoms with E-state index in [0.717, 1.165) is 5.56 Å². The van der Waals surface area contributed by atoms with Gasteiger partial charge in [-0.25, -0.2) is 4.79 Å². The van der Waals surface area contributed by atoms with Gasteiger partial charge in [0.25, 0.3) is 5.91 Å². The lowest BCUT2D eigenvalue weighted by molar-refractivity contribution is -0.131. The summed E-state index contributed by atoms with van der Waals surface area (Å²) in [4.78, 5) is 30.2. The summed E-state index contributed by atoms with van der Waals surface area (Å²) in [6, 6.07) is 15.1. The van der Waals surface area contributed by atoms with Gasteiger partial charge in [-0.2, -0.15) is 5.26 Å². The van der Waals surface area contributed by atoms with E-state index in [2.05, 4.69) is 5.32 Å². The van der Waals surface area contributed by atoms with Crippen LogP contribution >= 0.6 is 0 Å². The van der Waals surface area contributed by atoms with Crippen LogP contribution in [0.3, 0.4) is 0 Å². The first-order chi connectivity index (χ1) is 16.5. The van der Waals surface area contributed by atoms with Crippen LogP contribution in [0.2, 0.25) is 0 Å². The normalized spacial score (nSPS) is 18.3. The zero-order valence-corrected chi connectivity index (χ0v) is 19.1. The molecule has 4 rings (SSSR count). The summed E-state index contributed by atoms with van der Waals surface area (Å²) in [7, 11) is 1.58. The summed E-state index contributed by atoms with van der Waals surface area (Å²) in [5.41, 5.74) is 2.41. The monoisotopic (exact) mass is 462 g/mol. The van der Waals surface area contributed by atoms with Crippen molar-refractivity contribution in [2.45, 2.75) is 13.0 Å². The zero-order chi connectivity index (χ0) is 24.1. The van der Waals surface area contributed by atoms with Crippen molar-refractivity contribution < 1.29 is 23.8 Å². The highest BCUT2D eigenvalue weighted by molar-refractivity contribution is 6.04. The van der Waals surface area contributed by atoms with Crippen molar-refractivity contribution in [3.8, 4) is 17.6 Å². The van der Waals surface area contributed by atoms with Crippen LogP contribution in [0.25, 0.3) is 0 Å². The van der Waals surface area contributed by atoms with Crippen LogP contribution in [-0.4, -0.2) is 56.9 Å². The van der Waals surface area contributed by atoms with Gasteiger partial charge in [0.05, 0.1) is 37.6 Å². The molecule has 9 heteroatoms. The molecule has 0 unspecified atom stereocenters. The van der Waals surface area contributed by atoms with E-state index in [9.17, 15) is 9.59 Å². The summed E-state index contributed by atoms with van der Waals surface area (Å²) in [5.74, 6) is 1.06. The summed E-state index contributed by atoms with van der Waals surface area (Å²) < 4.78 is 16.0. The number of rotatable bonds is 6. The van der Waals surface area contributed by atoms with E-state index in [0.29, 0.717) is 54.8 Å². The second-order valence-electron chi connectivity index (χ2n) is 7.84. The number of carbonyl (C=O) groups is 2. The topological polar surface area (TPSA) is 104 Å². The van der Waals surface area contributed by atoms with Crippen LogP contribution in [0.1, 0.15) is 18.5 Å². The van der Waals surface area contributed by atoms with Crippen LogP contribution in [0.4, 0.5) is 10.5 Å². The fourth-order valence-electron chi connectivity index (χ4n) is 4.12. The number of methoxy groups -OCH3 is 1. The van der Waals surface area contributed by atoms with Crippen LogP contribution in [0, 0.1) is 11.3 Å². The van der Waals surface area contributed by atoms with E-state index < -0.39 is 6.04 Å². The highest BCUT2D eigenvalue weighted by Crippen LogP contribution is 2.35. The minimum Gasteiger partial charge on any atom is -0.497 e. The predicted molar refractivity (Wildman–Crippen MR) is 124 cm³/mol. The fraction of sp³-hybridized carbons (Fsp3) is 0.320. The van der Waals surface area contributed by atoms with Crippen molar-refractivity contribution in [2.24, 2.45) is 0 Å². The van der Waals surface area contributed by atoms with E-state index in [4.69, 9.17) is 19.5 Å². The van der Waals surface area contributed by atoms with Crippen molar-refractivity contribution in [2.75, 3.05) is 44.9 Å². The van der Waals surface area contributed by atoms with E-state index in [-0.39, 0.29) is 18.5 Å². The minimum absolute atomic E-state index is 0.0594. The maximum absolute atomic E-state index is 13.7. The third-order valence-electron chi connectivity index (χ3n) is 5.86. The van der Waals surface area contributed by atoms with Gasteiger partial charge in [-0.15, -0.1) is 0 Å². The average molecular weight is 463 g/mol. The number of amides is 3. The van der Waals surface area contributed by atoms with Crippen molar-refractivity contribution in [1.29, 1.82) is 5.26 Å². The molecule has 0 radical (unpaired) electrons. The standard InChI is InChI=1S/C25H26N4O5/c1-17-22(24(30)28-12-15-33-16-13-28)23(18-3-7-21(8-4-18)34-14-11-26)27-25(31)29(17)19-5-9-20(32-2)10-6-19/h3-10,23H,12-16H2,1-2H3,(H,27,31)/t23-/m1/s1. The molecule has 0 saturated carbocycles. The van der Waals surface area contributed by atoms with Gasteiger partial charge in [0.2, 0.25) is 0 Å². The molecule has 9 nitrogen and oxygen atoms in total. The van der Waals surface area contributed by atoms with E-state index in [1.54, 1.807) is 67.5 Å². The van der Waals surface area contributed by atoms with E-state index >= 15 is 0 Å². The number of allylic oxidation sites excluding steroid dienone is 1. The largest absolute Gasteiger partial charge is 0.497 e. The Bertz CT molecular complexity index is 1120. The van der Waals surface area contributed by atoms with Crippen LogP contribution in [0.15, 0.2) is 59.8 Å². The quantitative estimate of drug-likeness (QED) is 0.708. The predicted octanol–water partition coefficient (Wildman–Crippen LogP) is 3.00. The Labute approximate surface area is 198 Å². The van der Waals surface area contributed by atoms with Gasteiger partial charge in [0, 0.05) is 18.8 Å². The molecule has 0 bridgehead atoms. The Morgan fingerprint density at radius 3 is 2.38 bits per heavy atom. The van der Waals surface area contributed by atoms with Gasteiger partial charge < -0.3 is 24.4 Å². The van der Waals surface area contributed by atoms with Crippen molar-refractivity contribution >= 4 is 17.6 Å². The highest BCUT2D eigenvalue weighted by Gasteiger charge is 2.38. The maximum atomic E-state index is 13.7. The number of hydrogen-bond acceptors (Lipinski definition) is 6. The van der Waals surface area contributed by atoms with Gasteiger partial charge >= 0.3 is 6.03 Å². The number of anilines is 1. The van der Waals surface area contributed by atoms with Gasteiger partial charge in [-0.3, -0.25) is 9.69 Å². The molecule has 1 atom stereocenters. The number of nitrogens with zero attached hydrogens (tertiary/aromatic N) is 3. The Kier molecular flexibility index (Phi) is 6.99. The van der Waals surface area contributed by atoms with Crippen LogP contribution in [-0.2, 0) is 9.53 Å². The summed E-state index contributed by atoms with van der Waals surface area (Å²) in [6.07, 6.45) is 0. The van der Waals surface area contributed by atoms with Crippen molar-refractivity contribution in [3.63, 3.8) is 0 Å². The lowest BCUT2D eigenvalue weighted by atomic mass is 9.93. The Morgan fingerprint density at radius 2 is 1.76 bits per heavy atom. The molecule has 1 N–H and O–H groups in total. The lowest BCUT2D eigenvalue weighted by Gasteiger charge is -2.38. The molecular weight excluding hydrogens is 436 g/mol. The molecule has 2 aromatic carbocycles. The molecule has 2 aromatic rings. The molecule has 34 heavy (non-hydrogen) atoms. The summed E-state index contributed by atoms with van der Waals surface area (Å²) >= 11 is 0. The van der Waals surface area contributed by atoms with Crippen LogP contribution < -0.4 is 19.7 Å². The minimum atomic E-state index is -0.637. The highest BCUT2D eigenvalue weighted by atomic mass is 16.5. The number of nitriles is 1. The van der Waals surface area contributed by atoms with Gasteiger partial charge in [0.15, 0.2) is 6.61 Å². The third kappa shape index (κ3) is 4.67. The molecule has 176 valence electrons. The average Bonchev–Trinajstić information content (AvgIpc) is 2.88. The van der Waals surface area contributed by atoms with Crippen molar-refractivity contribution in [1.82, 2.24) is 10.2 Å². The molecule has 2 aliphatic heterocycles. The Balaban J connectivity index is 1.74. The number of benzene rings is 2. The number of carbonyl (C=O) groups excluding carboxylic acids is 2. The maximum Gasteiger partial charge on any atom is 0.326 e. The summed E-state index contributed by atoms with van der Waals surface area (Å²) in [6.45, 7) is 3.65. The Hall–Kier alpha value is -4.03.